The Kier molecular flexibility index (Phi) is 4.76. The van der Waals surface area contributed by atoms with Crippen LogP contribution in [0.25, 0.3) is 0 Å². The number of nitrogens with zero attached hydrogens (tertiary/aromatic N) is 1. The minimum atomic E-state index is -0.414. The molecular formula is C15H17NO4. The van der Waals surface area contributed by atoms with Crippen LogP contribution in [-0.4, -0.2) is 37.2 Å². The smallest absolute Gasteiger partial charge is 0.410 e. The minimum Gasteiger partial charge on any atom is -0.466 e. The lowest BCUT2D eigenvalue weighted by atomic mass is 10.1. The van der Waals surface area contributed by atoms with E-state index in [1.807, 2.05) is 30.3 Å². The molecular weight excluding hydrogens is 258 g/mol. The molecule has 0 aliphatic carbocycles. The second-order valence-electron chi connectivity index (χ2n) is 4.47. The summed E-state index contributed by atoms with van der Waals surface area (Å²) >= 11 is 0. The molecule has 106 valence electrons. The summed E-state index contributed by atoms with van der Waals surface area (Å²) in [6.07, 6.45) is 2.01. The van der Waals surface area contributed by atoms with Crippen molar-refractivity contribution in [3.63, 3.8) is 0 Å². The van der Waals surface area contributed by atoms with E-state index in [2.05, 4.69) is 4.74 Å². The molecule has 2 rings (SSSR count). The van der Waals surface area contributed by atoms with Crippen molar-refractivity contribution >= 4 is 12.1 Å². The van der Waals surface area contributed by atoms with Crippen LogP contribution >= 0.6 is 0 Å². The van der Waals surface area contributed by atoms with E-state index in [0.717, 1.165) is 5.56 Å². The second kappa shape index (κ2) is 6.75. The largest absolute Gasteiger partial charge is 0.466 e. The fourth-order valence-electron chi connectivity index (χ4n) is 1.99. The molecule has 1 aromatic rings. The highest BCUT2D eigenvalue weighted by atomic mass is 16.6. The van der Waals surface area contributed by atoms with Gasteiger partial charge < -0.3 is 14.4 Å². The highest BCUT2D eigenvalue weighted by Gasteiger charge is 2.23. The van der Waals surface area contributed by atoms with Crippen LogP contribution in [0.5, 0.6) is 0 Å². The van der Waals surface area contributed by atoms with Crippen LogP contribution < -0.4 is 0 Å². The van der Waals surface area contributed by atoms with Gasteiger partial charge in [0.05, 0.1) is 19.2 Å². The van der Waals surface area contributed by atoms with Gasteiger partial charge in [0.1, 0.15) is 6.61 Å². The SMILES string of the molecule is COC(=O)C1=CCCN(C(=O)OCc2ccccc2)C1. The standard InChI is InChI=1S/C15H17NO4/c1-19-14(17)13-8-5-9-16(10-13)15(18)20-11-12-6-3-2-4-7-12/h2-4,6-8H,5,9-11H2,1H3. The predicted molar refractivity (Wildman–Crippen MR) is 72.9 cm³/mol. The Morgan fingerprint density at radius 3 is 2.70 bits per heavy atom. The molecule has 0 radical (unpaired) electrons. The molecule has 0 saturated heterocycles. The normalized spacial score (nSPS) is 14.4. The summed E-state index contributed by atoms with van der Waals surface area (Å²) in [5, 5.41) is 0. The Morgan fingerprint density at radius 1 is 1.25 bits per heavy atom. The highest BCUT2D eigenvalue weighted by molar-refractivity contribution is 5.89. The van der Waals surface area contributed by atoms with Gasteiger partial charge in [0.25, 0.3) is 0 Å². The number of methoxy groups -OCH3 is 1. The van der Waals surface area contributed by atoms with Crippen LogP contribution in [0.3, 0.4) is 0 Å². The Hall–Kier alpha value is -2.30. The first-order valence-electron chi connectivity index (χ1n) is 6.43. The number of carbonyl (C=O) groups excluding carboxylic acids is 2. The summed E-state index contributed by atoms with van der Waals surface area (Å²) in [5.41, 5.74) is 1.43. The van der Waals surface area contributed by atoms with E-state index in [4.69, 9.17) is 4.74 Å². The molecule has 0 saturated carbocycles. The van der Waals surface area contributed by atoms with E-state index >= 15 is 0 Å². The zero-order valence-electron chi connectivity index (χ0n) is 11.4. The van der Waals surface area contributed by atoms with Gasteiger partial charge in [0, 0.05) is 6.54 Å². The van der Waals surface area contributed by atoms with Crippen molar-refractivity contribution in [2.75, 3.05) is 20.2 Å². The zero-order valence-corrected chi connectivity index (χ0v) is 11.4. The first-order valence-corrected chi connectivity index (χ1v) is 6.43. The van der Waals surface area contributed by atoms with E-state index in [-0.39, 0.29) is 13.2 Å². The molecule has 0 aromatic heterocycles. The first-order chi connectivity index (χ1) is 9.70. The Bertz CT molecular complexity index is 510. The predicted octanol–water partition coefficient (Wildman–Crippen LogP) is 2.13. The maximum Gasteiger partial charge on any atom is 0.410 e. The lowest BCUT2D eigenvalue weighted by molar-refractivity contribution is -0.136. The average molecular weight is 275 g/mol. The molecule has 1 heterocycles. The molecule has 20 heavy (non-hydrogen) atoms. The van der Waals surface area contributed by atoms with Gasteiger partial charge in [0.15, 0.2) is 0 Å². The van der Waals surface area contributed by atoms with Crippen molar-refractivity contribution in [1.29, 1.82) is 0 Å². The molecule has 0 unspecified atom stereocenters. The Balaban J connectivity index is 1.87. The zero-order chi connectivity index (χ0) is 14.4. The van der Waals surface area contributed by atoms with Gasteiger partial charge in [-0.3, -0.25) is 0 Å². The number of esters is 1. The molecule has 0 bridgehead atoms. The van der Waals surface area contributed by atoms with Gasteiger partial charge in [-0.2, -0.15) is 0 Å². The average Bonchev–Trinajstić information content (AvgIpc) is 2.53. The van der Waals surface area contributed by atoms with Gasteiger partial charge in [-0.05, 0) is 12.0 Å². The molecule has 1 aromatic carbocycles. The number of ether oxygens (including phenoxy) is 2. The third-order valence-electron chi connectivity index (χ3n) is 3.06. The third kappa shape index (κ3) is 3.60. The lowest BCUT2D eigenvalue weighted by Gasteiger charge is -2.25. The number of benzene rings is 1. The Labute approximate surface area is 117 Å². The summed E-state index contributed by atoms with van der Waals surface area (Å²) in [7, 11) is 1.33. The molecule has 5 nitrogen and oxygen atoms in total. The minimum absolute atomic E-state index is 0.230. The number of rotatable bonds is 3. The molecule has 5 heteroatoms. The number of carbonyl (C=O) groups is 2. The van der Waals surface area contributed by atoms with E-state index in [1.165, 1.54) is 12.0 Å². The molecule has 1 aliphatic heterocycles. The highest BCUT2D eigenvalue weighted by Crippen LogP contribution is 2.13. The Morgan fingerprint density at radius 2 is 2.00 bits per heavy atom. The van der Waals surface area contributed by atoms with Crippen molar-refractivity contribution in [3.05, 3.63) is 47.5 Å². The van der Waals surface area contributed by atoms with Crippen LogP contribution in [0.2, 0.25) is 0 Å². The fraction of sp³-hybridized carbons (Fsp3) is 0.333. The van der Waals surface area contributed by atoms with Crippen LogP contribution in [-0.2, 0) is 20.9 Å². The molecule has 1 amide bonds. The van der Waals surface area contributed by atoms with Crippen LogP contribution in [0.15, 0.2) is 42.0 Å². The third-order valence-corrected chi connectivity index (χ3v) is 3.06. The molecule has 0 atom stereocenters. The quantitative estimate of drug-likeness (QED) is 0.793. The summed E-state index contributed by atoms with van der Waals surface area (Å²) < 4.78 is 9.90. The van der Waals surface area contributed by atoms with Gasteiger partial charge in [-0.25, -0.2) is 9.59 Å². The van der Waals surface area contributed by atoms with Gasteiger partial charge >= 0.3 is 12.1 Å². The van der Waals surface area contributed by atoms with Crippen LogP contribution in [0.1, 0.15) is 12.0 Å². The summed E-state index contributed by atoms with van der Waals surface area (Å²) in [5.74, 6) is -0.398. The number of amides is 1. The van der Waals surface area contributed by atoms with Crippen molar-refractivity contribution in [2.24, 2.45) is 0 Å². The summed E-state index contributed by atoms with van der Waals surface area (Å²) in [6, 6.07) is 9.47. The van der Waals surface area contributed by atoms with E-state index in [0.29, 0.717) is 18.5 Å². The summed E-state index contributed by atoms with van der Waals surface area (Å²) in [4.78, 5) is 24.9. The van der Waals surface area contributed by atoms with Gasteiger partial charge in [0.2, 0.25) is 0 Å². The van der Waals surface area contributed by atoms with Gasteiger partial charge in [-0.1, -0.05) is 36.4 Å². The van der Waals surface area contributed by atoms with E-state index in [1.54, 1.807) is 6.08 Å². The topological polar surface area (TPSA) is 55.8 Å². The molecule has 1 aliphatic rings. The molecule has 0 fully saturated rings. The fourth-order valence-corrected chi connectivity index (χ4v) is 1.99. The summed E-state index contributed by atoms with van der Waals surface area (Å²) in [6.45, 7) is 1.02. The van der Waals surface area contributed by atoms with Gasteiger partial charge in [-0.15, -0.1) is 0 Å². The van der Waals surface area contributed by atoms with Crippen molar-refractivity contribution in [1.82, 2.24) is 4.90 Å². The molecule has 0 spiro atoms. The number of hydrogen-bond donors (Lipinski definition) is 0. The van der Waals surface area contributed by atoms with Crippen molar-refractivity contribution in [3.8, 4) is 0 Å². The van der Waals surface area contributed by atoms with E-state index < -0.39 is 12.1 Å². The monoisotopic (exact) mass is 275 g/mol. The van der Waals surface area contributed by atoms with E-state index in [9.17, 15) is 9.59 Å². The molecule has 0 N–H and O–H groups in total. The second-order valence-corrected chi connectivity index (χ2v) is 4.47. The lowest BCUT2D eigenvalue weighted by Crippen LogP contribution is -2.37. The van der Waals surface area contributed by atoms with Crippen molar-refractivity contribution < 1.29 is 19.1 Å². The maximum atomic E-state index is 12.0. The first kappa shape index (κ1) is 14.1. The van der Waals surface area contributed by atoms with Crippen LogP contribution in [0.4, 0.5) is 4.79 Å². The van der Waals surface area contributed by atoms with Crippen LogP contribution in [0, 0.1) is 0 Å². The maximum absolute atomic E-state index is 12.0. The number of hydrogen-bond acceptors (Lipinski definition) is 4. The van der Waals surface area contributed by atoms with Crippen molar-refractivity contribution in [2.45, 2.75) is 13.0 Å².